The Morgan fingerprint density at radius 3 is 2.59 bits per heavy atom. The summed E-state index contributed by atoms with van der Waals surface area (Å²) in [6.07, 6.45) is 4.10. The van der Waals surface area contributed by atoms with Gasteiger partial charge in [0.1, 0.15) is 0 Å². The smallest absolute Gasteiger partial charge is 0.150 e. The molecule has 0 atom stereocenters. The number of nitrogens with zero attached hydrogens (tertiary/aromatic N) is 2. The fourth-order valence-corrected chi connectivity index (χ4v) is 2.45. The number of hydrogen-bond donors (Lipinski definition) is 0. The third-order valence-corrected chi connectivity index (χ3v) is 3.62. The quantitative estimate of drug-likeness (QED) is 0.617. The van der Waals surface area contributed by atoms with Crippen molar-refractivity contribution in [2.24, 2.45) is 0 Å². The molecule has 3 heteroatoms. The Morgan fingerprint density at radius 1 is 1.12 bits per heavy atom. The van der Waals surface area contributed by atoms with Gasteiger partial charge in [-0.1, -0.05) is 29.8 Å². The first-order valence-corrected chi connectivity index (χ1v) is 6.52. The molecule has 0 aliphatic rings. The third kappa shape index (κ3) is 1.95. The highest BCUT2D eigenvalue weighted by Crippen LogP contribution is 2.21. The number of halogens is 1. The van der Waals surface area contributed by atoms with E-state index in [2.05, 4.69) is 75.4 Å². The van der Waals surface area contributed by atoms with Crippen LogP contribution in [0, 0.1) is 10.5 Å². The lowest BCUT2D eigenvalue weighted by molar-refractivity contribution is 1.18. The predicted octanol–water partition coefficient (Wildman–Crippen LogP) is 3.91. The van der Waals surface area contributed by atoms with E-state index in [1.807, 2.05) is 12.3 Å². The maximum Gasteiger partial charge on any atom is 0.150 e. The summed E-state index contributed by atoms with van der Waals surface area (Å²) < 4.78 is 3.24. The number of imidazole rings is 1. The van der Waals surface area contributed by atoms with E-state index in [1.54, 1.807) is 0 Å². The van der Waals surface area contributed by atoms with E-state index in [-0.39, 0.29) is 0 Å². The molecule has 2 aromatic heterocycles. The van der Waals surface area contributed by atoms with Crippen molar-refractivity contribution in [1.29, 1.82) is 0 Å². The maximum atomic E-state index is 4.67. The molecular weight excluding hydrogens is 323 g/mol. The molecule has 3 rings (SSSR count). The summed E-state index contributed by atoms with van der Waals surface area (Å²) in [5.74, 6) is 0. The molecular formula is C14H11IN2. The Balaban J connectivity index is 2.18. The minimum Gasteiger partial charge on any atom is -0.306 e. The van der Waals surface area contributed by atoms with Gasteiger partial charge >= 0.3 is 0 Å². The lowest BCUT2D eigenvalue weighted by Crippen LogP contribution is -1.83. The van der Waals surface area contributed by atoms with Crippen LogP contribution in [0.15, 0.2) is 48.8 Å². The summed E-state index contributed by atoms with van der Waals surface area (Å²) in [6, 6.07) is 12.6. The molecule has 1 aromatic carbocycles. The Labute approximate surface area is 113 Å². The third-order valence-electron chi connectivity index (χ3n) is 2.78. The van der Waals surface area contributed by atoms with Crippen LogP contribution in [0.1, 0.15) is 5.56 Å². The van der Waals surface area contributed by atoms with E-state index in [0.29, 0.717) is 0 Å². The SMILES string of the molecule is Cc1ccc(-c2cn3cccc(I)c3n2)cc1. The van der Waals surface area contributed by atoms with Gasteiger partial charge in [-0.05, 0) is 41.6 Å². The van der Waals surface area contributed by atoms with E-state index in [1.165, 1.54) is 9.13 Å². The molecule has 0 unspecified atom stereocenters. The highest BCUT2D eigenvalue weighted by Gasteiger charge is 2.05. The molecule has 2 heterocycles. The van der Waals surface area contributed by atoms with Gasteiger partial charge in [-0.25, -0.2) is 4.98 Å². The summed E-state index contributed by atoms with van der Waals surface area (Å²) in [4.78, 5) is 4.67. The summed E-state index contributed by atoms with van der Waals surface area (Å²) >= 11 is 2.31. The minimum absolute atomic E-state index is 1.02. The summed E-state index contributed by atoms with van der Waals surface area (Å²) in [5, 5.41) is 0. The first-order valence-electron chi connectivity index (χ1n) is 5.44. The number of hydrogen-bond acceptors (Lipinski definition) is 1. The molecule has 0 saturated heterocycles. The predicted molar refractivity (Wildman–Crippen MR) is 78.1 cm³/mol. The molecule has 3 aromatic rings. The van der Waals surface area contributed by atoms with E-state index in [4.69, 9.17) is 0 Å². The fraction of sp³-hybridized carbons (Fsp3) is 0.0714. The zero-order valence-electron chi connectivity index (χ0n) is 9.39. The summed E-state index contributed by atoms with van der Waals surface area (Å²) in [6.45, 7) is 2.09. The molecule has 2 nitrogen and oxygen atoms in total. The van der Waals surface area contributed by atoms with Crippen LogP contribution in [0.2, 0.25) is 0 Å². The molecule has 0 bridgehead atoms. The molecule has 0 aliphatic heterocycles. The lowest BCUT2D eigenvalue weighted by Gasteiger charge is -1.96. The van der Waals surface area contributed by atoms with Gasteiger partial charge in [0.15, 0.2) is 5.65 Å². The largest absolute Gasteiger partial charge is 0.306 e. The van der Waals surface area contributed by atoms with Gasteiger partial charge in [-0.3, -0.25) is 0 Å². The number of aryl methyl sites for hydroxylation is 1. The fourth-order valence-electron chi connectivity index (χ4n) is 1.84. The standard InChI is InChI=1S/C14H11IN2/c1-10-4-6-11(7-5-10)13-9-17-8-2-3-12(15)14(17)16-13/h2-9H,1H3. The first kappa shape index (κ1) is 10.8. The number of pyridine rings is 1. The maximum absolute atomic E-state index is 4.67. The zero-order chi connectivity index (χ0) is 11.8. The molecule has 84 valence electrons. The van der Waals surface area contributed by atoms with Crippen LogP contribution in [-0.4, -0.2) is 9.38 Å². The highest BCUT2D eigenvalue weighted by molar-refractivity contribution is 14.1. The molecule has 0 N–H and O–H groups in total. The van der Waals surface area contributed by atoms with Gasteiger partial charge in [-0.15, -0.1) is 0 Å². The molecule has 0 amide bonds. The number of aromatic nitrogens is 2. The molecule has 0 aliphatic carbocycles. The van der Waals surface area contributed by atoms with Crippen molar-refractivity contribution in [2.75, 3.05) is 0 Å². The Bertz CT molecular complexity index is 668. The molecule has 17 heavy (non-hydrogen) atoms. The molecule has 0 spiro atoms. The Morgan fingerprint density at radius 2 is 1.88 bits per heavy atom. The van der Waals surface area contributed by atoms with Gasteiger partial charge in [-0.2, -0.15) is 0 Å². The average Bonchev–Trinajstić information content (AvgIpc) is 2.75. The van der Waals surface area contributed by atoms with E-state index in [9.17, 15) is 0 Å². The van der Waals surface area contributed by atoms with Gasteiger partial charge in [0.05, 0.1) is 9.26 Å². The van der Waals surface area contributed by atoms with Crippen molar-refractivity contribution in [1.82, 2.24) is 9.38 Å². The Hall–Kier alpha value is -1.36. The van der Waals surface area contributed by atoms with Crippen LogP contribution in [0.5, 0.6) is 0 Å². The van der Waals surface area contributed by atoms with Crippen LogP contribution in [0.4, 0.5) is 0 Å². The zero-order valence-corrected chi connectivity index (χ0v) is 11.5. The molecule has 0 radical (unpaired) electrons. The van der Waals surface area contributed by atoms with Crippen molar-refractivity contribution in [3.63, 3.8) is 0 Å². The van der Waals surface area contributed by atoms with Crippen LogP contribution in [0.3, 0.4) is 0 Å². The van der Waals surface area contributed by atoms with Gasteiger partial charge in [0.2, 0.25) is 0 Å². The average molecular weight is 334 g/mol. The van der Waals surface area contributed by atoms with Crippen molar-refractivity contribution < 1.29 is 0 Å². The van der Waals surface area contributed by atoms with Crippen molar-refractivity contribution in [3.05, 3.63) is 57.9 Å². The van der Waals surface area contributed by atoms with Crippen molar-refractivity contribution >= 4 is 28.2 Å². The second-order valence-electron chi connectivity index (χ2n) is 4.08. The normalized spacial score (nSPS) is 10.9. The van der Waals surface area contributed by atoms with Gasteiger partial charge in [0.25, 0.3) is 0 Å². The monoisotopic (exact) mass is 334 g/mol. The van der Waals surface area contributed by atoms with E-state index >= 15 is 0 Å². The topological polar surface area (TPSA) is 17.3 Å². The second kappa shape index (κ2) is 4.14. The first-order chi connectivity index (χ1) is 8.24. The van der Waals surface area contributed by atoms with E-state index < -0.39 is 0 Å². The second-order valence-corrected chi connectivity index (χ2v) is 5.24. The summed E-state index contributed by atoms with van der Waals surface area (Å²) in [5.41, 5.74) is 4.47. The minimum atomic E-state index is 1.02. The van der Waals surface area contributed by atoms with E-state index in [0.717, 1.165) is 16.9 Å². The number of fused-ring (bicyclic) bond motifs is 1. The Kier molecular flexibility index (Phi) is 2.63. The van der Waals surface area contributed by atoms with Crippen LogP contribution >= 0.6 is 22.6 Å². The van der Waals surface area contributed by atoms with Crippen molar-refractivity contribution in [3.8, 4) is 11.3 Å². The van der Waals surface area contributed by atoms with Crippen molar-refractivity contribution in [2.45, 2.75) is 6.92 Å². The molecule has 0 saturated carbocycles. The van der Waals surface area contributed by atoms with Gasteiger partial charge in [0, 0.05) is 18.0 Å². The van der Waals surface area contributed by atoms with Crippen LogP contribution < -0.4 is 0 Å². The van der Waals surface area contributed by atoms with Crippen LogP contribution in [-0.2, 0) is 0 Å². The number of rotatable bonds is 1. The van der Waals surface area contributed by atoms with Crippen LogP contribution in [0.25, 0.3) is 16.9 Å². The highest BCUT2D eigenvalue weighted by atomic mass is 127. The lowest BCUT2D eigenvalue weighted by atomic mass is 10.1. The summed E-state index contributed by atoms with van der Waals surface area (Å²) in [7, 11) is 0. The van der Waals surface area contributed by atoms with Gasteiger partial charge < -0.3 is 4.40 Å². The number of benzene rings is 1. The molecule has 0 fully saturated rings.